The van der Waals surface area contributed by atoms with Gasteiger partial charge in [0.15, 0.2) is 11.7 Å². The molecule has 3 aromatic rings. The number of hydrogen-bond acceptors (Lipinski definition) is 3. The van der Waals surface area contributed by atoms with Crippen molar-refractivity contribution in [3.8, 4) is 6.07 Å². The molecule has 0 spiro atoms. The Hall–Kier alpha value is -2.64. The molecule has 0 aliphatic rings. The van der Waals surface area contributed by atoms with Gasteiger partial charge in [-0.1, -0.05) is 35.9 Å². The van der Waals surface area contributed by atoms with Gasteiger partial charge in [0, 0.05) is 10.6 Å². The predicted octanol–water partition coefficient (Wildman–Crippen LogP) is 3.71. The number of hydrogen-bond donors (Lipinski definition) is 1. The predicted molar refractivity (Wildman–Crippen MR) is 80.2 cm³/mol. The molecule has 0 bridgehead atoms. The lowest BCUT2D eigenvalue weighted by Crippen LogP contribution is -2.12. The maximum Gasteiger partial charge on any atom is 0.187 e. The van der Waals surface area contributed by atoms with Crippen LogP contribution in [0.4, 0.5) is 0 Å². The number of nitrogens with zero attached hydrogens (tertiary/aromatic N) is 2. The van der Waals surface area contributed by atoms with Crippen LogP contribution in [0.5, 0.6) is 0 Å². The highest BCUT2D eigenvalue weighted by Crippen LogP contribution is 2.22. The Labute approximate surface area is 126 Å². The third kappa shape index (κ3) is 2.51. The molecule has 1 N–H and O–H groups in total. The molecular weight excluding hydrogens is 286 g/mol. The van der Waals surface area contributed by atoms with E-state index in [0.29, 0.717) is 16.4 Å². The van der Waals surface area contributed by atoms with E-state index >= 15 is 0 Å². The van der Waals surface area contributed by atoms with E-state index < -0.39 is 5.92 Å². The fourth-order valence-electron chi connectivity index (χ4n) is 2.16. The van der Waals surface area contributed by atoms with Crippen LogP contribution in [0.2, 0.25) is 5.02 Å². The number of carbonyl (C=O) groups is 1. The summed E-state index contributed by atoms with van der Waals surface area (Å²) in [7, 11) is 0. The number of carbonyl (C=O) groups excluding carboxylic acids is 1. The summed E-state index contributed by atoms with van der Waals surface area (Å²) in [6, 6.07) is 16.0. The molecule has 4 nitrogen and oxygen atoms in total. The Balaban J connectivity index is 2.02. The average molecular weight is 296 g/mol. The van der Waals surface area contributed by atoms with Gasteiger partial charge in [-0.25, -0.2) is 4.98 Å². The Bertz CT molecular complexity index is 830. The van der Waals surface area contributed by atoms with Gasteiger partial charge in [-0.2, -0.15) is 5.26 Å². The molecule has 0 aliphatic heterocycles. The second-order valence-corrected chi connectivity index (χ2v) is 5.01. The molecule has 21 heavy (non-hydrogen) atoms. The maximum atomic E-state index is 12.5. The Morgan fingerprint density at radius 3 is 2.76 bits per heavy atom. The van der Waals surface area contributed by atoms with Crippen molar-refractivity contribution in [3.63, 3.8) is 0 Å². The molecule has 3 rings (SSSR count). The van der Waals surface area contributed by atoms with Gasteiger partial charge >= 0.3 is 0 Å². The lowest BCUT2D eigenvalue weighted by molar-refractivity contribution is 0.0976. The van der Waals surface area contributed by atoms with Gasteiger partial charge < -0.3 is 4.98 Å². The molecule has 5 heteroatoms. The molecule has 0 saturated heterocycles. The number of benzene rings is 2. The number of halogens is 1. The van der Waals surface area contributed by atoms with Gasteiger partial charge in [0.2, 0.25) is 0 Å². The van der Waals surface area contributed by atoms with Crippen LogP contribution in [-0.2, 0) is 0 Å². The monoisotopic (exact) mass is 295 g/mol. The molecule has 0 fully saturated rings. The molecule has 1 atom stereocenters. The fraction of sp³-hybridized carbons (Fsp3) is 0.0625. The number of para-hydroxylation sites is 2. The summed E-state index contributed by atoms with van der Waals surface area (Å²) in [5, 5.41) is 9.80. The number of rotatable bonds is 3. The first kappa shape index (κ1) is 13.3. The summed E-state index contributed by atoms with van der Waals surface area (Å²) in [5.41, 5.74) is 1.92. The van der Waals surface area contributed by atoms with Crippen LogP contribution in [0.3, 0.4) is 0 Å². The van der Waals surface area contributed by atoms with Gasteiger partial charge in [0.05, 0.1) is 17.1 Å². The number of H-pyrrole nitrogens is 1. The molecule has 102 valence electrons. The number of ketones is 1. The van der Waals surface area contributed by atoms with E-state index in [2.05, 4.69) is 9.97 Å². The van der Waals surface area contributed by atoms with Crippen molar-refractivity contribution < 1.29 is 4.79 Å². The third-order valence-electron chi connectivity index (χ3n) is 3.18. The Kier molecular flexibility index (Phi) is 3.43. The van der Waals surface area contributed by atoms with E-state index in [9.17, 15) is 10.1 Å². The highest BCUT2D eigenvalue weighted by molar-refractivity contribution is 6.31. The standard InChI is InChI=1S/C16H10ClN3O/c17-11-5-3-4-10(8-11)15(21)12(9-18)16-19-13-6-1-2-7-14(13)20-16/h1-8,12H,(H,19,20). The summed E-state index contributed by atoms with van der Waals surface area (Å²) in [6.07, 6.45) is 0. The van der Waals surface area contributed by atoms with E-state index in [1.807, 2.05) is 30.3 Å². The number of nitrogens with one attached hydrogen (secondary N) is 1. The molecule has 1 heterocycles. The lowest BCUT2D eigenvalue weighted by Gasteiger charge is -2.05. The number of imidazole rings is 1. The van der Waals surface area contributed by atoms with Crippen LogP contribution in [0.1, 0.15) is 22.1 Å². The van der Waals surface area contributed by atoms with Crippen molar-refractivity contribution in [2.45, 2.75) is 5.92 Å². The number of aromatic amines is 1. The minimum atomic E-state index is -0.976. The van der Waals surface area contributed by atoms with Crippen LogP contribution < -0.4 is 0 Å². The number of Topliss-reactive ketones (excluding diaryl/α,β-unsaturated/α-hetero) is 1. The zero-order chi connectivity index (χ0) is 14.8. The average Bonchev–Trinajstić information content (AvgIpc) is 2.91. The van der Waals surface area contributed by atoms with Gasteiger partial charge in [0.25, 0.3) is 0 Å². The summed E-state index contributed by atoms with van der Waals surface area (Å²) < 4.78 is 0. The third-order valence-corrected chi connectivity index (χ3v) is 3.42. The van der Waals surface area contributed by atoms with E-state index in [-0.39, 0.29) is 5.78 Å². The SMILES string of the molecule is N#CC(C(=O)c1cccc(Cl)c1)c1nc2ccccc2[nH]1. The normalized spacial score (nSPS) is 12.0. The van der Waals surface area contributed by atoms with E-state index in [0.717, 1.165) is 11.0 Å². The van der Waals surface area contributed by atoms with Gasteiger partial charge in [-0.15, -0.1) is 0 Å². The second-order valence-electron chi connectivity index (χ2n) is 4.58. The van der Waals surface area contributed by atoms with Crippen LogP contribution in [0, 0.1) is 11.3 Å². The molecular formula is C16H10ClN3O. The van der Waals surface area contributed by atoms with Crippen LogP contribution in [0.25, 0.3) is 11.0 Å². The minimum absolute atomic E-state index is 0.320. The zero-order valence-corrected chi connectivity index (χ0v) is 11.6. The molecule has 0 amide bonds. The van der Waals surface area contributed by atoms with Gasteiger partial charge in [0.1, 0.15) is 5.82 Å². The summed E-state index contributed by atoms with van der Waals surface area (Å²) >= 11 is 5.89. The minimum Gasteiger partial charge on any atom is -0.340 e. The summed E-state index contributed by atoms with van der Waals surface area (Å²) in [6.45, 7) is 0. The van der Waals surface area contributed by atoms with Crippen LogP contribution >= 0.6 is 11.6 Å². The van der Waals surface area contributed by atoms with Crippen LogP contribution in [0.15, 0.2) is 48.5 Å². The van der Waals surface area contributed by atoms with E-state index in [1.165, 1.54) is 0 Å². The van der Waals surface area contributed by atoms with Crippen molar-refractivity contribution in [2.75, 3.05) is 0 Å². The van der Waals surface area contributed by atoms with Crippen molar-refractivity contribution >= 4 is 28.4 Å². The quantitative estimate of drug-likeness (QED) is 0.749. The highest BCUT2D eigenvalue weighted by Gasteiger charge is 2.25. The van der Waals surface area contributed by atoms with Crippen molar-refractivity contribution in [1.29, 1.82) is 5.26 Å². The smallest absolute Gasteiger partial charge is 0.187 e. The molecule has 0 aliphatic carbocycles. The number of nitriles is 1. The second kappa shape index (κ2) is 5.39. The highest BCUT2D eigenvalue weighted by atomic mass is 35.5. The first-order valence-electron chi connectivity index (χ1n) is 6.33. The van der Waals surface area contributed by atoms with Crippen LogP contribution in [-0.4, -0.2) is 15.8 Å². The summed E-state index contributed by atoms with van der Waals surface area (Å²) in [5.74, 6) is -0.946. The Morgan fingerprint density at radius 1 is 1.24 bits per heavy atom. The molecule has 1 unspecified atom stereocenters. The first-order valence-corrected chi connectivity index (χ1v) is 6.71. The van der Waals surface area contributed by atoms with E-state index in [1.54, 1.807) is 24.3 Å². The lowest BCUT2D eigenvalue weighted by atomic mass is 9.98. The van der Waals surface area contributed by atoms with Gasteiger partial charge in [-0.05, 0) is 24.3 Å². The number of fused-ring (bicyclic) bond motifs is 1. The van der Waals surface area contributed by atoms with Gasteiger partial charge in [-0.3, -0.25) is 4.79 Å². The molecule has 2 aromatic carbocycles. The molecule has 1 aromatic heterocycles. The Morgan fingerprint density at radius 2 is 2.05 bits per heavy atom. The van der Waals surface area contributed by atoms with Crippen molar-refractivity contribution in [1.82, 2.24) is 9.97 Å². The van der Waals surface area contributed by atoms with E-state index in [4.69, 9.17) is 11.6 Å². The fourth-order valence-corrected chi connectivity index (χ4v) is 2.35. The maximum absolute atomic E-state index is 12.5. The largest absolute Gasteiger partial charge is 0.340 e. The molecule has 0 saturated carbocycles. The van der Waals surface area contributed by atoms with Crippen molar-refractivity contribution in [3.05, 3.63) is 64.9 Å². The first-order chi connectivity index (χ1) is 10.2. The molecule has 0 radical (unpaired) electrons. The topological polar surface area (TPSA) is 69.5 Å². The summed E-state index contributed by atoms with van der Waals surface area (Å²) in [4.78, 5) is 19.8. The zero-order valence-electron chi connectivity index (χ0n) is 10.9. The van der Waals surface area contributed by atoms with Crippen molar-refractivity contribution in [2.24, 2.45) is 0 Å². The number of aromatic nitrogens is 2.